The number of aryl methyl sites for hydroxylation is 1. The number of thioether (sulfide) groups is 1. The summed E-state index contributed by atoms with van der Waals surface area (Å²) in [6.45, 7) is 0.578. The Balaban J connectivity index is 0.00000192. The Morgan fingerprint density at radius 3 is 2.87 bits per heavy atom. The second kappa shape index (κ2) is 7.68. The summed E-state index contributed by atoms with van der Waals surface area (Å²) < 4.78 is 0. The van der Waals surface area contributed by atoms with Crippen LogP contribution in [-0.4, -0.2) is 34.1 Å². The zero-order valence-electron chi connectivity index (χ0n) is 12.5. The number of hydrogen-bond acceptors (Lipinski definition) is 4. The lowest BCUT2D eigenvalue weighted by molar-refractivity contribution is -0.122. The number of halogens is 1. The molecule has 0 saturated carbocycles. The predicted octanol–water partition coefficient (Wildman–Crippen LogP) is 3.06. The van der Waals surface area contributed by atoms with Crippen LogP contribution in [0.25, 0.3) is 10.9 Å². The van der Waals surface area contributed by atoms with Gasteiger partial charge in [0.2, 0.25) is 0 Å². The lowest BCUT2D eigenvalue weighted by Crippen LogP contribution is -2.33. The number of nitrogens with two attached hydrogens (primary N) is 1. The van der Waals surface area contributed by atoms with E-state index in [1.807, 2.05) is 18.3 Å². The number of allylic oxidation sites excluding steroid dienone is 1. The van der Waals surface area contributed by atoms with Crippen LogP contribution in [0, 0.1) is 0 Å². The quantitative estimate of drug-likeness (QED) is 0.811. The number of amides is 2. The molecule has 0 radical (unpaired) electrons. The number of hydrogen-bond donors (Lipinski definition) is 2. The minimum absolute atomic E-state index is 0. The summed E-state index contributed by atoms with van der Waals surface area (Å²) >= 11 is 0.999. The molecule has 0 bridgehead atoms. The van der Waals surface area contributed by atoms with Gasteiger partial charge in [0.15, 0.2) is 0 Å². The predicted molar refractivity (Wildman–Crippen MR) is 95.7 cm³/mol. The van der Waals surface area contributed by atoms with Crippen molar-refractivity contribution in [2.75, 3.05) is 13.1 Å². The first-order valence-electron chi connectivity index (χ1n) is 7.19. The van der Waals surface area contributed by atoms with Crippen molar-refractivity contribution in [2.24, 2.45) is 5.73 Å². The van der Waals surface area contributed by atoms with Crippen molar-refractivity contribution >= 4 is 46.2 Å². The summed E-state index contributed by atoms with van der Waals surface area (Å²) in [7, 11) is 0. The molecule has 2 aromatic rings. The molecule has 23 heavy (non-hydrogen) atoms. The third-order valence-corrected chi connectivity index (χ3v) is 4.56. The Bertz CT molecular complexity index is 757. The molecule has 5 nitrogen and oxygen atoms in total. The van der Waals surface area contributed by atoms with Gasteiger partial charge in [0.25, 0.3) is 11.1 Å². The molecule has 1 aliphatic heterocycles. The SMILES string of the molecule is Cl.NCCN1C(=O)S/C(=C\CCc2ccc3[nH]ccc3c2)C1=O. The number of fused-ring (bicyclic) bond motifs is 1. The maximum absolute atomic E-state index is 12.0. The van der Waals surface area contributed by atoms with Gasteiger partial charge < -0.3 is 10.7 Å². The zero-order chi connectivity index (χ0) is 15.5. The van der Waals surface area contributed by atoms with Gasteiger partial charge in [0, 0.05) is 24.8 Å². The van der Waals surface area contributed by atoms with Crippen LogP contribution in [0.5, 0.6) is 0 Å². The van der Waals surface area contributed by atoms with Gasteiger partial charge in [0.1, 0.15) is 0 Å². The third kappa shape index (κ3) is 3.77. The van der Waals surface area contributed by atoms with E-state index in [4.69, 9.17) is 5.73 Å². The molecule has 7 heteroatoms. The normalized spacial score (nSPS) is 16.4. The number of benzene rings is 1. The summed E-state index contributed by atoms with van der Waals surface area (Å²) in [5.74, 6) is -0.221. The minimum Gasteiger partial charge on any atom is -0.361 e. The second-order valence-corrected chi connectivity index (χ2v) is 6.11. The van der Waals surface area contributed by atoms with Crippen molar-refractivity contribution in [2.45, 2.75) is 12.8 Å². The van der Waals surface area contributed by atoms with Gasteiger partial charge in [-0.05, 0) is 53.8 Å². The molecule has 0 spiro atoms. The molecule has 2 amide bonds. The molecule has 122 valence electrons. The number of imide groups is 1. The van der Waals surface area contributed by atoms with Crippen LogP contribution in [0.15, 0.2) is 41.4 Å². The van der Waals surface area contributed by atoms with Crippen LogP contribution in [0.3, 0.4) is 0 Å². The van der Waals surface area contributed by atoms with Gasteiger partial charge >= 0.3 is 0 Å². The Kier molecular flexibility index (Phi) is 5.87. The summed E-state index contributed by atoms with van der Waals surface area (Å²) in [5.41, 5.74) is 7.74. The molecule has 2 heterocycles. The molecule has 1 aliphatic rings. The van der Waals surface area contributed by atoms with Crippen LogP contribution in [0.1, 0.15) is 12.0 Å². The van der Waals surface area contributed by atoms with E-state index in [1.54, 1.807) is 0 Å². The standard InChI is InChI=1S/C16H17N3O2S.ClH/c17-7-9-19-15(20)14(22-16(19)21)3-1-2-11-4-5-13-12(10-11)6-8-18-13;/h3-6,8,10,18H,1-2,7,9,17H2;1H/b14-3-;. The number of carbonyl (C=O) groups is 2. The first-order valence-corrected chi connectivity index (χ1v) is 8.00. The Morgan fingerprint density at radius 1 is 1.26 bits per heavy atom. The van der Waals surface area contributed by atoms with Gasteiger partial charge in [-0.25, -0.2) is 0 Å². The molecule has 1 aromatic heterocycles. The van der Waals surface area contributed by atoms with Crippen LogP contribution < -0.4 is 5.73 Å². The van der Waals surface area contributed by atoms with E-state index >= 15 is 0 Å². The number of H-pyrrole nitrogens is 1. The highest BCUT2D eigenvalue weighted by Crippen LogP contribution is 2.30. The smallest absolute Gasteiger partial charge is 0.293 e. The highest BCUT2D eigenvalue weighted by Gasteiger charge is 2.33. The van der Waals surface area contributed by atoms with E-state index in [9.17, 15) is 9.59 Å². The largest absolute Gasteiger partial charge is 0.361 e. The Labute approximate surface area is 144 Å². The van der Waals surface area contributed by atoms with Crippen LogP contribution in [-0.2, 0) is 11.2 Å². The number of aromatic nitrogens is 1. The highest BCUT2D eigenvalue weighted by atomic mass is 35.5. The van der Waals surface area contributed by atoms with E-state index in [2.05, 4.69) is 23.2 Å². The number of nitrogens with zero attached hydrogens (tertiary/aromatic N) is 1. The monoisotopic (exact) mass is 351 g/mol. The molecule has 0 unspecified atom stereocenters. The van der Waals surface area contributed by atoms with Crippen LogP contribution >= 0.6 is 24.2 Å². The van der Waals surface area contributed by atoms with Gasteiger partial charge in [-0.1, -0.05) is 12.1 Å². The summed E-state index contributed by atoms with van der Waals surface area (Å²) in [4.78, 5) is 28.6. The molecule has 0 aliphatic carbocycles. The first kappa shape index (κ1) is 17.6. The van der Waals surface area contributed by atoms with E-state index < -0.39 is 0 Å². The molecule has 3 N–H and O–H groups in total. The summed E-state index contributed by atoms with van der Waals surface area (Å²) in [5, 5.41) is 0.955. The summed E-state index contributed by atoms with van der Waals surface area (Å²) in [6.07, 6.45) is 5.34. The maximum Gasteiger partial charge on any atom is 0.293 e. The van der Waals surface area contributed by atoms with Crippen LogP contribution in [0.4, 0.5) is 4.79 Å². The molecule has 1 aromatic carbocycles. The summed E-state index contributed by atoms with van der Waals surface area (Å²) in [6, 6.07) is 8.31. The van der Waals surface area contributed by atoms with E-state index in [-0.39, 0.29) is 30.1 Å². The molecule has 0 atom stereocenters. The Morgan fingerprint density at radius 2 is 2.09 bits per heavy atom. The second-order valence-electron chi connectivity index (χ2n) is 5.12. The van der Waals surface area contributed by atoms with Crippen molar-refractivity contribution in [3.63, 3.8) is 0 Å². The van der Waals surface area contributed by atoms with Gasteiger partial charge in [0.05, 0.1) is 4.91 Å². The number of aromatic amines is 1. The van der Waals surface area contributed by atoms with Crippen molar-refractivity contribution in [3.8, 4) is 0 Å². The fourth-order valence-electron chi connectivity index (χ4n) is 2.49. The molecule has 3 rings (SSSR count). The van der Waals surface area contributed by atoms with Gasteiger partial charge in [-0.2, -0.15) is 0 Å². The molecule has 1 fully saturated rings. The van der Waals surface area contributed by atoms with Crippen LogP contribution in [0.2, 0.25) is 0 Å². The highest BCUT2D eigenvalue weighted by molar-refractivity contribution is 8.18. The van der Waals surface area contributed by atoms with Gasteiger partial charge in [-0.3, -0.25) is 14.5 Å². The fraction of sp³-hybridized carbons (Fsp3) is 0.250. The molecular weight excluding hydrogens is 334 g/mol. The lowest BCUT2D eigenvalue weighted by atomic mass is 10.1. The number of carbonyl (C=O) groups excluding carboxylic acids is 2. The van der Waals surface area contributed by atoms with Crippen molar-refractivity contribution in [3.05, 3.63) is 47.0 Å². The van der Waals surface area contributed by atoms with Crippen molar-refractivity contribution in [1.29, 1.82) is 0 Å². The first-order chi connectivity index (χ1) is 10.7. The topological polar surface area (TPSA) is 79.2 Å². The van der Waals surface area contributed by atoms with Crippen molar-refractivity contribution < 1.29 is 9.59 Å². The number of rotatable bonds is 5. The average Bonchev–Trinajstić information content (AvgIpc) is 3.07. The average molecular weight is 352 g/mol. The van der Waals surface area contributed by atoms with Crippen molar-refractivity contribution in [1.82, 2.24) is 9.88 Å². The minimum atomic E-state index is -0.226. The fourth-order valence-corrected chi connectivity index (χ4v) is 3.36. The third-order valence-electron chi connectivity index (χ3n) is 3.61. The van der Waals surface area contributed by atoms with Gasteiger partial charge in [-0.15, -0.1) is 12.4 Å². The Hall–Kier alpha value is -1.76. The maximum atomic E-state index is 12.0. The zero-order valence-corrected chi connectivity index (χ0v) is 14.1. The number of nitrogens with one attached hydrogen (secondary N) is 1. The van der Waals surface area contributed by atoms with E-state index in [0.717, 1.165) is 30.1 Å². The molecular formula is C16H18ClN3O2S. The van der Waals surface area contributed by atoms with E-state index in [1.165, 1.54) is 15.8 Å². The lowest BCUT2D eigenvalue weighted by Gasteiger charge is -2.09. The molecule has 1 saturated heterocycles. The van der Waals surface area contributed by atoms with E-state index in [0.29, 0.717) is 11.4 Å².